The van der Waals surface area contributed by atoms with Gasteiger partial charge in [-0.3, -0.25) is 9.59 Å². The number of halogens is 1. The minimum atomic E-state index is -3.75. The summed E-state index contributed by atoms with van der Waals surface area (Å²) < 4.78 is 40.8. The number of piperidine rings is 1. The van der Waals surface area contributed by atoms with Crippen LogP contribution in [0.15, 0.2) is 46.7 Å². The Bertz CT molecular complexity index is 1050. The molecule has 2 saturated heterocycles. The van der Waals surface area contributed by atoms with E-state index < -0.39 is 21.9 Å². The first-order chi connectivity index (χ1) is 15.3. The lowest BCUT2D eigenvalue weighted by molar-refractivity contribution is -0.144. The number of carbonyl (C=O) groups is 2. The van der Waals surface area contributed by atoms with Gasteiger partial charge in [0.15, 0.2) is 0 Å². The van der Waals surface area contributed by atoms with Crippen molar-refractivity contribution in [1.29, 1.82) is 0 Å². The van der Waals surface area contributed by atoms with Crippen LogP contribution < -0.4 is 4.72 Å². The van der Waals surface area contributed by atoms with Crippen molar-refractivity contribution in [3.8, 4) is 0 Å². The highest BCUT2D eigenvalue weighted by atomic mass is 32.2. The molecule has 0 radical (unpaired) electrons. The first-order valence-corrected chi connectivity index (χ1v) is 13.1. The second kappa shape index (κ2) is 9.68. The van der Waals surface area contributed by atoms with Crippen LogP contribution in [0.1, 0.15) is 30.6 Å². The summed E-state index contributed by atoms with van der Waals surface area (Å²) in [5.74, 6) is -0.572. The lowest BCUT2D eigenvalue weighted by atomic mass is 10.0. The smallest absolute Gasteiger partial charge is 0.245 e. The molecule has 2 aliphatic heterocycles. The zero-order valence-corrected chi connectivity index (χ0v) is 19.2. The molecule has 2 fully saturated rings. The number of nitrogens with one attached hydrogen (secondary N) is 1. The van der Waals surface area contributed by atoms with Crippen LogP contribution in [0.25, 0.3) is 0 Å². The van der Waals surface area contributed by atoms with E-state index in [-0.39, 0.29) is 22.8 Å². The Morgan fingerprint density at radius 3 is 2.44 bits per heavy atom. The van der Waals surface area contributed by atoms with Crippen molar-refractivity contribution >= 4 is 33.2 Å². The summed E-state index contributed by atoms with van der Waals surface area (Å²) in [4.78, 5) is 30.3. The van der Waals surface area contributed by atoms with Crippen molar-refractivity contribution in [3.63, 3.8) is 0 Å². The third-order valence-corrected chi connectivity index (χ3v) is 8.43. The Morgan fingerprint density at radius 2 is 1.78 bits per heavy atom. The van der Waals surface area contributed by atoms with Gasteiger partial charge in [-0.2, -0.15) is 0 Å². The maximum absolute atomic E-state index is 13.1. The van der Waals surface area contributed by atoms with Crippen LogP contribution in [0, 0.1) is 5.82 Å². The first-order valence-electron chi connectivity index (χ1n) is 10.7. The molecule has 172 valence electrons. The maximum Gasteiger partial charge on any atom is 0.245 e. The molecular weight excluding hydrogens is 453 g/mol. The Labute approximate surface area is 191 Å². The molecule has 2 amide bonds. The van der Waals surface area contributed by atoms with Crippen molar-refractivity contribution in [2.75, 3.05) is 19.6 Å². The first kappa shape index (κ1) is 22.9. The van der Waals surface area contributed by atoms with E-state index in [9.17, 15) is 22.4 Å². The molecule has 1 unspecified atom stereocenters. The predicted molar refractivity (Wildman–Crippen MR) is 119 cm³/mol. The van der Waals surface area contributed by atoms with Crippen LogP contribution in [0.3, 0.4) is 0 Å². The van der Waals surface area contributed by atoms with Crippen LogP contribution in [0.2, 0.25) is 0 Å². The van der Waals surface area contributed by atoms with Gasteiger partial charge in [0.05, 0.1) is 11.3 Å². The van der Waals surface area contributed by atoms with Crippen molar-refractivity contribution in [2.45, 2.75) is 49.1 Å². The zero-order chi connectivity index (χ0) is 22.7. The van der Waals surface area contributed by atoms with Gasteiger partial charge in [0, 0.05) is 30.6 Å². The van der Waals surface area contributed by atoms with E-state index in [0.717, 1.165) is 23.4 Å². The molecule has 0 spiro atoms. The van der Waals surface area contributed by atoms with Crippen molar-refractivity contribution < 1.29 is 22.4 Å². The number of hydrogen-bond donors (Lipinski definition) is 1. The van der Waals surface area contributed by atoms with Crippen LogP contribution >= 0.6 is 11.3 Å². The van der Waals surface area contributed by atoms with Gasteiger partial charge in [-0.25, -0.2) is 17.5 Å². The number of likely N-dealkylation sites (tertiary alicyclic amines) is 2. The summed E-state index contributed by atoms with van der Waals surface area (Å²) in [7, 11) is -3.75. The average molecular weight is 480 g/mol. The van der Waals surface area contributed by atoms with Crippen LogP contribution in [-0.2, 0) is 26.0 Å². The number of thiophene rings is 1. The fourth-order valence-electron chi connectivity index (χ4n) is 4.32. The third-order valence-electron chi connectivity index (χ3n) is 6.02. The zero-order valence-electron chi connectivity index (χ0n) is 17.6. The second-order valence-electron chi connectivity index (χ2n) is 8.18. The van der Waals surface area contributed by atoms with E-state index in [1.54, 1.807) is 9.80 Å². The molecule has 7 nitrogen and oxygen atoms in total. The fourth-order valence-corrected chi connectivity index (χ4v) is 6.32. The number of nitrogens with zero attached hydrogens (tertiary/aromatic N) is 2. The summed E-state index contributed by atoms with van der Waals surface area (Å²) in [5, 5.41) is 1.93. The summed E-state index contributed by atoms with van der Waals surface area (Å²) in [6.45, 7) is 1.45. The van der Waals surface area contributed by atoms with E-state index in [0.29, 0.717) is 45.3 Å². The number of carbonyl (C=O) groups excluding carboxylic acids is 2. The molecule has 4 rings (SSSR count). The van der Waals surface area contributed by atoms with Gasteiger partial charge in [-0.15, -0.1) is 11.3 Å². The van der Waals surface area contributed by atoms with Crippen molar-refractivity contribution in [3.05, 3.63) is 52.5 Å². The van der Waals surface area contributed by atoms with Gasteiger partial charge < -0.3 is 9.80 Å². The number of amides is 2. The lowest BCUT2D eigenvalue weighted by Gasteiger charge is -2.35. The summed E-state index contributed by atoms with van der Waals surface area (Å²) in [5.41, 5.74) is 0. The molecule has 10 heteroatoms. The highest BCUT2D eigenvalue weighted by Gasteiger charge is 2.37. The van der Waals surface area contributed by atoms with E-state index in [1.807, 2.05) is 17.5 Å². The largest absolute Gasteiger partial charge is 0.341 e. The lowest BCUT2D eigenvalue weighted by Crippen LogP contribution is -2.52. The SMILES string of the molecule is O=C(C1CCCN1C(=O)Cc1cccs1)N1CCC(NS(=O)(=O)c2ccc(F)cc2)CC1. The summed E-state index contributed by atoms with van der Waals surface area (Å²) in [6.07, 6.45) is 2.76. The highest BCUT2D eigenvalue weighted by Crippen LogP contribution is 2.24. The van der Waals surface area contributed by atoms with E-state index in [4.69, 9.17) is 0 Å². The second-order valence-corrected chi connectivity index (χ2v) is 10.9. The third kappa shape index (κ3) is 5.19. The molecule has 2 aromatic rings. The van der Waals surface area contributed by atoms with Crippen molar-refractivity contribution in [1.82, 2.24) is 14.5 Å². The number of rotatable bonds is 6. The molecule has 0 saturated carbocycles. The van der Waals surface area contributed by atoms with Gasteiger partial charge in [0.25, 0.3) is 0 Å². The standard InChI is InChI=1S/C22H26FN3O4S2/c23-16-5-7-19(8-6-16)32(29,30)24-17-9-12-25(13-10-17)22(28)20-4-1-11-26(20)21(27)15-18-3-2-14-31-18/h2-3,5-8,14,17,20,24H,1,4,9-13,15H2. The van der Waals surface area contributed by atoms with E-state index >= 15 is 0 Å². The summed E-state index contributed by atoms with van der Waals surface area (Å²) >= 11 is 1.53. The molecule has 1 atom stereocenters. The van der Waals surface area contributed by atoms with Gasteiger partial charge >= 0.3 is 0 Å². The molecule has 1 aromatic carbocycles. The monoisotopic (exact) mass is 479 g/mol. The molecule has 2 aliphatic rings. The van der Waals surface area contributed by atoms with Crippen LogP contribution in [-0.4, -0.2) is 61.7 Å². The van der Waals surface area contributed by atoms with Gasteiger partial charge in [-0.1, -0.05) is 6.07 Å². The molecule has 1 N–H and O–H groups in total. The van der Waals surface area contributed by atoms with Gasteiger partial charge in [0.1, 0.15) is 11.9 Å². The van der Waals surface area contributed by atoms with Crippen molar-refractivity contribution in [2.24, 2.45) is 0 Å². The molecule has 1 aromatic heterocycles. The molecular formula is C22H26FN3O4S2. The van der Waals surface area contributed by atoms with E-state index in [2.05, 4.69) is 4.72 Å². The number of benzene rings is 1. The quantitative estimate of drug-likeness (QED) is 0.689. The fraction of sp³-hybridized carbons (Fsp3) is 0.455. The van der Waals surface area contributed by atoms with Gasteiger partial charge in [-0.05, 0) is 61.4 Å². The number of hydrogen-bond acceptors (Lipinski definition) is 5. The average Bonchev–Trinajstić information content (AvgIpc) is 3.46. The Kier molecular flexibility index (Phi) is 6.92. The van der Waals surface area contributed by atoms with Crippen LogP contribution in [0.5, 0.6) is 0 Å². The van der Waals surface area contributed by atoms with E-state index in [1.165, 1.54) is 23.5 Å². The normalized spacial score (nSPS) is 20.0. The molecule has 32 heavy (non-hydrogen) atoms. The Balaban J connectivity index is 1.32. The molecule has 3 heterocycles. The van der Waals surface area contributed by atoms with Gasteiger partial charge in [0.2, 0.25) is 21.8 Å². The Morgan fingerprint density at radius 1 is 1.06 bits per heavy atom. The Hall–Kier alpha value is -2.30. The summed E-state index contributed by atoms with van der Waals surface area (Å²) in [6, 6.07) is 7.80. The minimum Gasteiger partial charge on any atom is -0.341 e. The maximum atomic E-state index is 13.1. The highest BCUT2D eigenvalue weighted by molar-refractivity contribution is 7.89. The minimum absolute atomic E-state index is 0.0169. The van der Waals surface area contributed by atoms with Crippen LogP contribution in [0.4, 0.5) is 4.39 Å². The molecule has 0 aliphatic carbocycles. The molecule has 0 bridgehead atoms. The topological polar surface area (TPSA) is 86.8 Å². The predicted octanol–water partition coefficient (Wildman–Crippen LogP) is 2.39. The number of sulfonamides is 1.